The number of nitrogens with one attached hydrogen (secondary N) is 1. The molecule has 0 radical (unpaired) electrons. The molecule has 1 unspecified atom stereocenters. The van der Waals surface area contributed by atoms with Crippen molar-refractivity contribution in [1.82, 2.24) is 10.2 Å². The van der Waals surface area contributed by atoms with E-state index in [2.05, 4.69) is 5.32 Å². The van der Waals surface area contributed by atoms with Gasteiger partial charge in [0.25, 0.3) is 0 Å². The third-order valence-electron chi connectivity index (χ3n) is 2.37. The predicted octanol–water partition coefficient (Wildman–Crippen LogP) is -0.292. The van der Waals surface area contributed by atoms with E-state index < -0.39 is 11.9 Å². The van der Waals surface area contributed by atoms with Crippen molar-refractivity contribution in [1.29, 1.82) is 0 Å². The number of likely N-dealkylation sites (N-methyl/N-ethyl adjacent to an activating group) is 1. The van der Waals surface area contributed by atoms with Crippen molar-refractivity contribution in [2.24, 2.45) is 5.73 Å². The minimum atomic E-state index is -0.412. The summed E-state index contributed by atoms with van der Waals surface area (Å²) in [4.78, 5) is 24.2. The van der Waals surface area contributed by atoms with E-state index in [4.69, 9.17) is 5.73 Å². The van der Waals surface area contributed by atoms with E-state index in [1.54, 1.807) is 4.90 Å². The van der Waals surface area contributed by atoms with Crippen LogP contribution in [0, 0.1) is 0 Å². The highest BCUT2D eigenvalue weighted by molar-refractivity contribution is 5.82. The van der Waals surface area contributed by atoms with Gasteiger partial charge in [-0.1, -0.05) is 6.92 Å². The van der Waals surface area contributed by atoms with E-state index in [0.717, 1.165) is 0 Å². The number of carbonyl (C=O) groups excluding carboxylic acids is 2. The number of amides is 2. The Kier molecular flexibility index (Phi) is 6.70. The molecular weight excluding hydrogens is 194 g/mol. The molecule has 0 aromatic rings. The van der Waals surface area contributed by atoms with Gasteiger partial charge in [-0.25, -0.2) is 0 Å². The Labute approximate surface area is 91.0 Å². The molecule has 5 nitrogen and oxygen atoms in total. The van der Waals surface area contributed by atoms with Crippen LogP contribution in [0.1, 0.15) is 27.2 Å². The lowest BCUT2D eigenvalue weighted by Crippen LogP contribution is -2.46. The van der Waals surface area contributed by atoms with E-state index >= 15 is 0 Å². The Morgan fingerprint density at radius 3 is 2.13 bits per heavy atom. The first-order valence-electron chi connectivity index (χ1n) is 5.37. The number of hydrogen-bond acceptors (Lipinski definition) is 3. The molecule has 0 aliphatic carbocycles. The molecule has 0 bridgehead atoms. The first-order chi connectivity index (χ1) is 7.06. The van der Waals surface area contributed by atoms with Gasteiger partial charge in [-0.3, -0.25) is 14.9 Å². The second-order valence-corrected chi connectivity index (χ2v) is 3.31. The standard InChI is InChI=1S/C10H21N3O2/c1-4-8(10(11)15)12-7-9(14)13(5-2)6-3/h8,12H,4-7H2,1-3H3,(H2,11,15). The lowest BCUT2D eigenvalue weighted by atomic mass is 10.2. The normalized spacial score (nSPS) is 12.2. The summed E-state index contributed by atoms with van der Waals surface area (Å²) >= 11 is 0. The Balaban J connectivity index is 4.02. The minimum Gasteiger partial charge on any atom is -0.368 e. The van der Waals surface area contributed by atoms with Crippen LogP contribution < -0.4 is 11.1 Å². The van der Waals surface area contributed by atoms with Gasteiger partial charge in [-0.2, -0.15) is 0 Å². The molecule has 0 aliphatic heterocycles. The summed E-state index contributed by atoms with van der Waals surface area (Å²) in [6.07, 6.45) is 0.598. The second kappa shape index (κ2) is 7.23. The summed E-state index contributed by atoms with van der Waals surface area (Å²) in [6.45, 7) is 7.24. The lowest BCUT2D eigenvalue weighted by Gasteiger charge is -2.20. The molecular formula is C10H21N3O2. The Morgan fingerprint density at radius 1 is 1.27 bits per heavy atom. The van der Waals surface area contributed by atoms with Gasteiger partial charge in [0, 0.05) is 13.1 Å². The molecule has 0 fully saturated rings. The van der Waals surface area contributed by atoms with Crippen LogP contribution in [0.2, 0.25) is 0 Å². The van der Waals surface area contributed by atoms with Gasteiger partial charge >= 0.3 is 0 Å². The molecule has 15 heavy (non-hydrogen) atoms. The topological polar surface area (TPSA) is 75.4 Å². The van der Waals surface area contributed by atoms with E-state index in [1.807, 2.05) is 20.8 Å². The Morgan fingerprint density at radius 2 is 1.80 bits per heavy atom. The zero-order valence-corrected chi connectivity index (χ0v) is 9.75. The molecule has 2 amide bonds. The quantitative estimate of drug-likeness (QED) is 0.612. The molecule has 88 valence electrons. The van der Waals surface area contributed by atoms with Crippen molar-refractivity contribution in [3.63, 3.8) is 0 Å². The van der Waals surface area contributed by atoms with Gasteiger partial charge in [0.1, 0.15) is 0 Å². The van der Waals surface area contributed by atoms with Crippen LogP contribution in [0.5, 0.6) is 0 Å². The first-order valence-corrected chi connectivity index (χ1v) is 5.37. The smallest absolute Gasteiger partial charge is 0.236 e. The SMILES string of the molecule is CCC(NCC(=O)N(CC)CC)C(N)=O. The molecule has 0 aliphatic rings. The number of carbonyl (C=O) groups is 2. The van der Waals surface area contributed by atoms with E-state index in [1.165, 1.54) is 0 Å². The minimum absolute atomic E-state index is 0.000278. The van der Waals surface area contributed by atoms with Crippen molar-refractivity contribution in [2.75, 3.05) is 19.6 Å². The molecule has 5 heteroatoms. The second-order valence-electron chi connectivity index (χ2n) is 3.31. The van der Waals surface area contributed by atoms with E-state index in [9.17, 15) is 9.59 Å². The highest BCUT2D eigenvalue weighted by atomic mass is 16.2. The fraction of sp³-hybridized carbons (Fsp3) is 0.800. The molecule has 0 rings (SSSR count). The molecule has 0 heterocycles. The van der Waals surface area contributed by atoms with E-state index in [0.29, 0.717) is 19.5 Å². The van der Waals surface area contributed by atoms with Crippen molar-refractivity contribution in [3.05, 3.63) is 0 Å². The highest BCUT2D eigenvalue weighted by Crippen LogP contribution is 1.91. The van der Waals surface area contributed by atoms with Gasteiger partial charge in [0.2, 0.25) is 11.8 Å². The van der Waals surface area contributed by atoms with Gasteiger partial charge < -0.3 is 10.6 Å². The van der Waals surface area contributed by atoms with Crippen LogP contribution in [0.4, 0.5) is 0 Å². The summed E-state index contributed by atoms with van der Waals surface area (Å²) in [7, 11) is 0. The maximum Gasteiger partial charge on any atom is 0.236 e. The van der Waals surface area contributed by atoms with Crippen LogP contribution in [0.15, 0.2) is 0 Å². The van der Waals surface area contributed by atoms with Crippen LogP contribution in [0.3, 0.4) is 0 Å². The fourth-order valence-corrected chi connectivity index (χ4v) is 1.34. The van der Waals surface area contributed by atoms with Gasteiger partial charge in [0.05, 0.1) is 12.6 Å². The van der Waals surface area contributed by atoms with Gasteiger partial charge in [-0.15, -0.1) is 0 Å². The first kappa shape index (κ1) is 13.9. The molecule has 1 atom stereocenters. The number of rotatable bonds is 7. The maximum absolute atomic E-state index is 11.6. The number of primary amides is 1. The van der Waals surface area contributed by atoms with Crippen molar-refractivity contribution in [3.8, 4) is 0 Å². The van der Waals surface area contributed by atoms with Crippen LogP contribution in [-0.4, -0.2) is 42.4 Å². The molecule has 3 N–H and O–H groups in total. The third-order valence-corrected chi connectivity index (χ3v) is 2.37. The summed E-state index contributed by atoms with van der Waals surface area (Å²) in [5.41, 5.74) is 5.15. The maximum atomic E-state index is 11.6. The third kappa shape index (κ3) is 4.78. The van der Waals surface area contributed by atoms with Crippen LogP contribution in [-0.2, 0) is 9.59 Å². The van der Waals surface area contributed by atoms with Crippen LogP contribution in [0.25, 0.3) is 0 Å². The number of hydrogen-bond donors (Lipinski definition) is 2. The molecule has 0 saturated heterocycles. The summed E-state index contributed by atoms with van der Waals surface area (Å²) in [5.74, 6) is -0.412. The van der Waals surface area contributed by atoms with Crippen molar-refractivity contribution < 1.29 is 9.59 Å². The van der Waals surface area contributed by atoms with Crippen molar-refractivity contribution in [2.45, 2.75) is 33.2 Å². The molecule has 0 spiro atoms. The predicted molar refractivity (Wildman–Crippen MR) is 59.2 cm³/mol. The Hall–Kier alpha value is -1.10. The molecule has 0 saturated carbocycles. The highest BCUT2D eigenvalue weighted by Gasteiger charge is 2.15. The largest absolute Gasteiger partial charge is 0.368 e. The molecule has 0 aromatic heterocycles. The van der Waals surface area contributed by atoms with Crippen LogP contribution >= 0.6 is 0 Å². The fourth-order valence-electron chi connectivity index (χ4n) is 1.34. The number of nitrogens with zero attached hydrogens (tertiary/aromatic N) is 1. The zero-order chi connectivity index (χ0) is 11.8. The lowest BCUT2D eigenvalue weighted by molar-refractivity contribution is -0.130. The summed E-state index contributed by atoms with van der Waals surface area (Å²) < 4.78 is 0. The monoisotopic (exact) mass is 215 g/mol. The van der Waals surface area contributed by atoms with Gasteiger partial charge in [-0.05, 0) is 20.3 Å². The average molecular weight is 215 g/mol. The van der Waals surface area contributed by atoms with Gasteiger partial charge in [0.15, 0.2) is 0 Å². The summed E-state index contributed by atoms with van der Waals surface area (Å²) in [5, 5.41) is 2.85. The average Bonchev–Trinajstić information content (AvgIpc) is 2.20. The zero-order valence-electron chi connectivity index (χ0n) is 9.75. The van der Waals surface area contributed by atoms with E-state index in [-0.39, 0.29) is 12.5 Å². The Bertz CT molecular complexity index is 215. The molecule has 0 aromatic carbocycles. The summed E-state index contributed by atoms with van der Waals surface area (Å²) in [6, 6.07) is -0.412. The van der Waals surface area contributed by atoms with Crippen molar-refractivity contribution >= 4 is 11.8 Å². The number of nitrogens with two attached hydrogens (primary N) is 1.